The summed E-state index contributed by atoms with van der Waals surface area (Å²) in [6, 6.07) is 0.591. The van der Waals surface area contributed by atoms with Crippen molar-refractivity contribution in [3.63, 3.8) is 0 Å². The Morgan fingerprint density at radius 3 is 2.50 bits per heavy atom. The molecule has 2 heteroatoms. The Hall–Kier alpha value is -1.93. The summed E-state index contributed by atoms with van der Waals surface area (Å²) in [5.74, 6) is 0.186. The minimum Gasteiger partial charge on any atom is -0.301 e. The summed E-state index contributed by atoms with van der Waals surface area (Å²) in [7, 11) is 0. The minimum absolute atomic E-state index is 0.186. The maximum atomic E-state index is 4.70. The molecule has 0 aromatic heterocycles. The van der Waals surface area contributed by atoms with Crippen molar-refractivity contribution < 1.29 is 0 Å². The number of allylic oxidation sites excluding steroid dienone is 7. The lowest BCUT2D eigenvalue weighted by molar-refractivity contribution is 0.219. The third-order valence-corrected chi connectivity index (χ3v) is 5.91. The zero-order valence-corrected chi connectivity index (χ0v) is 20.3. The highest BCUT2D eigenvalue weighted by molar-refractivity contribution is 6.03. The Labute approximate surface area is 186 Å². The van der Waals surface area contributed by atoms with E-state index in [1.165, 1.54) is 28.7 Å². The minimum atomic E-state index is 0.186. The fourth-order valence-electron chi connectivity index (χ4n) is 3.96. The van der Waals surface area contributed by atoms with E-state index in [0.29, 0.717) is 12.6 Å². The van der Waals surface area contributed by atoms with Gasteiger partial charge in [-0.2, -0.15) is 0 Å². The molecule has 0 saturated heterocycles. The van der Waals surface area contributed by atoms with Crippen LogP contribution in [0.2, 0.25) is 0 Å². The summed E-state index contributed by atoms with van der Waals surface area (Å²) in [6.45, 7) is 31.0. The van der Waals surface area contributed by atoms with Gasteiger partial charge >= 0.3 is 0 Å². The number of rotatable bonds is 13. The predicted molar refractivity (Wildman–Crippen MR) is 136 cm³/mol. The van der Waals surface area contributed by atoms with Gasteiger partial charge in [-0.25, -0.2) is 0 Å². The zero-order valence-electron chi connectivity index (χ0n) is 20.3. The standard InChI is InChI=1S/C28H44N2/c1-10-17-29-25(9)28-20-27(24(8)15-16-26(28)22(6)12-3)23(7)14-13-19-30(18-11-2)21(4)5/h10,16,20-21,27H,1,6-8,11-15,17-19H2,2-5,9H3. The molecule has 0 spiro atoms. The Kier molecular flexibility index (Phi) is 11.7. The molecular weight excluding hydrogens is 364 g/mol. The van der Waals surface area contributed by atoms with Crippen LogP contribution in [0.3, 0.4) is 0 Å². The van der Waals surface area contributed by atoms with Crippen LogP contribution in [-0.2, 0) is 0 Å². The Balaban J connectivity index is 3.06. The van der Waals surface area contributed by atoms with Gasteiger partial charge in [-0.05, 0) is 82.7 Å². The molecule has 1 aliphatic rings. The average molecular weight is 409 g/mol. The van der Waals surface area contributed by atoms with Crippen molar-refractivity contribution in [1.29, 1.82) is 0 Å². The summed E-state index contributed by atoms with van der Waals surface area (Å²) in [5, 5.41) is 0. The van der Waals surface area contributed by atoms with E-state index < -0.39 is 0 Å². The largest absolute Gasteiger partial charge is 0.301 e. The lowest BCUT2D eigenvalue weighted by atomic mass is 9.86. The maximum absolute atomic E-state index is 4.70. The number of nitrogens with zero attached hydrogens (tertiary/aromatic N) is 2. The van der Waals surface area contributed by atoms with Gasteiger partial charge < -0.3 is 4.90 Å². The molecule has 0 radical (unpaired) electrons. The molecule has 1 atom stereocenters. The summed E-state index contributed by atoms with van der Waals surface area (Å²) in [6.07, 6.45) is 11.6. The average Bonchev–Trinajstić information content (AvgIpc) is 2.89. The lowest BCUT2D eigenvalue weighted by Crippen LogP contribution is -2.32. The molecule has 166 valence electrons. The molecule has 1 unspecified atom stereocenters. The van der Waals surface area contributed by atoms with Gasteiger partial charge in [0.1, 0.15) is 0 Å². The van der Waals surface area contributed by atoms with Crippen molar-refractivity contribution >= 4 is 5.71 Å². The topological polar surface area (TPSA) is 15.6 Å². The monoisotopic (exact) mass is 408 g/mol. The van der Waals surface area contributed by atoms with E-state index in [0.717, 1.165) is 50.1 Å². The molecule has 0 aliphatic heterocycles. The molecule has 0 heterocycles. The first-order chi connectivity index (χ1) is 14.3. The third kappa shape index (κ3) is 7.72. The van der Waals surface area contributed by atoms with Crippen molar-refractivity contribution in [3.8, 4) is 0 Å². The van der Waals surface area contributed by atoms with Crippen LogP contribution in [0.5, 0.6) is 0 Å². The van der Waals surface area contributed by atoms with Gasteiger partial charge in [0.15, 0.2) is 0 Å². The van der Waals surface area contributed by atoms with Crippen LogP contribution in [0.15, 0.2) is 77.4 Å². The van der Waals surface area contributed by atoms with Crippen LogP contribution in [0.25, 0.3) is 0 Å². The molecule has 0 bridgehead atoms. The molecular formula is C28H44N2. The molecule has 0 amide bonds. The number of hydrogen-bond acceptors (Lipinski definition) is 2. The highest BCUT2D eigenvalue weighted by atomic mass is 15.1. The van der Waals surface area contributed by atoms with Crippen LogP contribution >= 0.6 is 0 Å². The van der Waals surface area contributed by atoms with Crippen LogP contribution in [0.4, 0.5) is 0 Å². The first kappa shape index (κ1) is 26.1. The van der Waals surface area contributed by atoms with E-state index in [-0.39, 0.29) is 5.92 Å². The first-order valence-corrected chi connectivity index (χ1v) is 11.6. The summed E-state index contributed by atoms with van der Waals surface area (Å²) >= 11 is 0. The van der Waals surface area contributed by atoms with Crippen molar-refractivity contribution in [1.82, 2.24) is 4.90 Å². The molecule has 1 rings (SSSR count). The fourth-order valence-corrected chi connectivity index (χ4v) is 3.96. The van der Waals surface area contributed by atoms with Crippen molar-refractivity contribution in [2.24, 2.45) is 10.9 Å². The molecule has 0 saturated carbocycles. The number of hydrogen-bond donors (Lipinski definition) is 0. The quantitative estimate of drug-likeness (QED) is 0.228. The second-order valence-electron chi connectivity index (χ2n) is 8.60. The molecule has 30 heavy (non-hydrogen) atoms. The van der Waals surface area contributed by atoms with Crippen LogP contribution in [0.1, 0.15) is 66.7 Å². The Bertz CT molecular complexity index is 715. The van der Waals surface area contributed by atoms with Crippen LogP contribution in [0, 0.1) is 5.92 Å². The van der Waals surface area contributed by atoms with Gasteiger partial charge in [0, 0.05) is 17.7 Å². The van der Waals surface area contributed by atoms with Crippen molar-refractivity contribution in [3.05, 3.63) is 72.4 Å². The normalized spacial score (nSPS) is 17.6. The van der Waals surface area contributed by atoms with E-state index in [2.05, 4.69) is 78.0 Å². The summed E-state index contributed by atoms with van der Waals surface area (Å²) in [5.41, 5.74) is 7.06. The first-order valence-electron chi connectivity index (χ1n) is 11.6. The van der Waals surface area contributed by atoms with Crippen LogP contribution in [-0.4, -0.2) is 36.3 Å². The zero-order chi connectivity index (χ0) is 22.7. The number of aliphatic imine (C=N–C) groups is 1. The molecule has 0 aromatic carbocycles. The highest BCUT2D eigenvalue weighted by Gasteiger charge is 2.22. The van der Waals surface area contributed by atoms with Crippen molar-refractivity contribution in [2.45, 2.75) is 72.8 Å². The summed E-state index contributed by atoms with van der Waals surface area (Å²) < 4.78 is 0. The Morgan fingerprint density at radius 1 is 1.23 bits per heavy atom. The van der Waals surface area contributed by atoms with E-state index in [1.807, 2.05) is 6.08 Å². The fraction of sp³-hybridized carbons (Fsp3) is 0.536. The summed E-state index contributed by atoms with van der Waals surface area (Å²) in [4.78, 5) is 7.26. The Morgan fingerprint density at radius 2 is 1.93 bits per heavy atom. The van der Waals surface area contributed by atoms with E-state index in [1.54, 1.807) is 0 Å². The van der Waals surface area contributed by atoms with Gasteiger partial charge in [-0.3, -0.25) is 4.99 Å². The van der Waals surface area contributed by atoms with Gasteiger partial charge in [0.2, 0.25) is 0 Å². The third-order valence-electron chi connectivity index (χ3n) is 5.91. The van der Waals surface area contributed by atoms with E-state index in [9.17, 15) is 0 Å². The SMILES string of the molecule is C=CCN=C(C)C1=CC(C(=C)CCCN(CCC)C(C)C)C(=C)CC=C1C(=C)CC. The maximum Gasteiger partial charge on any atom is 0.0571 e. The van der Waals surface area contributed by atoms with E-state index in [4.69, 9.17) is 4.99 Å². The van der Waals surface area contributed by atoms with Gasteiger partial charge in [-0.1, -0.05) is 63.0 Å². The predicted octanol–water partition coefficient (Wildman–Crippen LogP) is 7.49. The van der Waals surface area contributed by atoms with Crippen molar-refractivity contribution in [2.75, 3.05) is 19.6 Å². The molecule has 0 fully saturated rings. The highest BCUT2D eigenvalue weighted by Crippen LogP contribution is 2.35. The molecule has 2 nitrogen and oxygen atoms in total. The molecule has 0 N–H and O–H groups in total. The molecule has 1 aliphatic carbocycles. The second-order valence-corrected chi connectivity index (χ2v) is 8.60. The molecule has 0 aromatic rings. The van der Waals surface area contributed by atoms with Gasteiger partial charge in [0.05, 0.1) is 6.54 Å². The smallest absolute Gasteiger partial charge is 0.0571 e. The van der Waals surface area contributed by atoms with Gasteiger partial charge in [0.25, 0.3) is 0 Å². The van der Waals surface area contributed by atoms with Crippen LogP contribution < -0.4 is 0 Å². The van der Waals surface area contributed by atoms with Gasteiger partial charge in [-0.15, -0.1) is 6.58 Å². The lowest BCUT2D eigenvalue weighted by Gasteiger charge is -2.26. The second kappa shape index (κ2) is 13.4. The van der Waals surface area contributed by atoms with E-state index >= 15 is 0 Å².